The van der Waals surface area contributed by atoms with E-state index in [2.05, 4.69) is 28.8 Å². The summed E-state index contributed by atoms with van der Waals surface area (Å²) in [5.41, 5.74) is 0.783. The van der Waals surface area contributed by atoms with Gasteiger partial charge in [-0.1, -0.05) is 56.3 Å². The van der Waals surface area contributed by atoms with Gasteiger partial charge in [0.05, 0.1) is 12.7 Å². The van der Waals surface area contributed by atoms with E-state index in [0.29, 0.717) is 19.1 Å². The van der Waals surface area contributed by atoms with Crippen LogP contribution in [0.25, 0.3) is 0 Å². The first-order valence-corrected chi connectivity index (χ1v) is 12.7. The molecule has 1 aliphatic heterocycles. The molecule has 9 heteroatoms. The van der Waals surface area contributed by atoms with Crippen molar-refractivity contribution in [1.29, 1.82) is 0 Å². The minimum atomic E-state index is -4.25. The molecule has 1 fully saturated rings. The van der Waals surface area contributed by atoms with E-state index in [0.717, 1.165) is 24.7 Å². The second-order valence-electron chi connectivity index (χ2n) is 8.69. The number of carbonyl (C=O) groups is 1. The van der Waals surface area contributed by atoms with Gasteiger partial charge in [0, 0.05) is 26.2 Å². The average molecular weight is 478 g/mol. The van der Waals surface area contributed by atoms with Gasteiger partial charge in [0.1, 0.15) is 16.8 Å². The van der Waals surface area contributed by atoms with Gasteiger partial charge in [-0.2, -0.15) is 4.72 Å². The van der Waals surface area contributed by atoms with Crippen LogP contribution >= 0.6 is 0 Å². The van der Waals surface area contributed by atoms with E-state index < -0.39 is 32.7 Å². The summed E-state index contributed by atoms with van der Waals surface area (Å²) in [6, 6.07) is 13.1. The summed E-state index contributed by atoms with van der Waals surface area (Å²) in [7, 11) is -4.25. The Bertz CT molecular complexity index is 1020. The molecule has 2 unspecified atom stereocenters. The average Bonchev–Trinajstić information content (AvgIpc) is 2.77. The first-order chi connectivity index (χ1) is 15.7. The largest absolute Gasteiger partial charge is 0.374 e. The molecular weight excluding hydrogens is 445 g/mol. The van der Waals surface area contributed by atoms with E-state index in [4.69, 9.17) is 4.74 Å². The normalized spacial score (nSPS) is 18.2. The predicted octanol–water partition coefficient (Wildman–Crippen LogP) is 2.19. The molecule has 2 aromatic carbocycles. The number of sulfonamides is 1. The molecule has 1 saturated heterocycles. The van der Waals surface area contributed by atoms with E-state index in [1.165, 1.54) is 18.2 Å². The number of morpholine rings is 1. The molecule has 1 amide bonds. The molecule has 0 bridgehead atoms. The van der Waals surface area contributed by atoms with Gasteiger partial charge in [-0.05, 0) is 30.0 Å². The third kappa shape index (κ3) is 7.60. The molecule has 7 nitrogen and oxygen atoms in total. The fourth-order valence-corrected chi connectivity index (χ4v) is 5.15. The Hall–Kier alpha value is -2.33. The molecule has 0 radical (unpaired) electrons. The van der Waals surface area contributed by atoms with Gasteiger partial charge >= 0.3 is 0 Å². The summed E-state index contributed by atoms with van der Waals surface area (Å²) in [6.45, 7) is 7.66. The minimum Gasteiger partial charge on any atom is -0.374 e. The molecule has 0 saturated carbocycles. The minimum absolute atomic E-state index is 0.130. The highest BCUT2D eigenvalue weighted by Crippen LogP contribution is 2.15. The number of nitrogens with zero attached hydrogens (tertiary/aromatic N) is 1. The summed E-state index contributed by atoms with van der Waals surface area (Å²) in [4.78, 5) is 14.9. The summed E-state index contributed by atoms with van der Waals surface area (Å²) in [5, 5.41) is 2.82. The van der Waals surface area contributed by atoms with Crippen LogP contribution in [0.3, 0.4) is 0 Å². The quantitative estimate of drug-likeness (QED) is 0.548. The lowest BCUT2D eigenvalue weighted by Crippen LogP contribution is -2.52. The Balaban J connectivity index is 1.70. The van der Waals surface area contributed by atoms with Crippen LogP contribution < -0.4 is 10.0 Å². The van der Waals surface area contributed by atoms with Crippen molar-refractivity contribution in [3.63, 3.8) is 0 Å². The van der Waals surface area contributed by atoms with Crippen LogP contribution in [0.5, 0.6) is 0 Å². The van der Waals surface area contributed by atoms with Crippen LogP contribution in [0.4, 0.5) is 4.39 Å². The molecule has 0 spiro atoms. The van der Waals surface area contributed by atoms with E-state index in [9.17, 15) is 17.6 Å². The van der Waals surface area contributed by atoms with Crippen LogP contribution in [-0.2, 0) is 26.0 Å². The first-order valence-electron chi connectivity index (χ1n) is 11.2. The third-order valence-electron chi connectivity index (χ3n) is 5.37. The Morgan fingerprint density at radius 3 is 2.55 bits per heavy atom. The number of halogens is 1. The highest BCUT2D eigenvalue weighted by atomic mass is 32.2. The summed E-state index contributed by atoms with van der Waals surface area (Å²) in [5.74, 6) is -0.825. The first kappa shape index (κ1) is 25.3. The Kier molecular flexibility index (Phi) is 8.96. The number of benzene rings is 2. The van der Waals surface area contributed by atoms with Crippen LogP contribution in [0.2, 0.25) is 0 Å². The van der Waals surface area contributed by atoms with Gasteiger partial charge in [-0.3, -0.25) is 9.69 Å². The van der Waals surface area contributed by atoms with E-state index in [1.54, 1.807) is 0 Å². The van der Waals surface area contributed by atoms with Gasteiger partial charge in [-0.25, -0.2) is 12.8 Å². The van der Waals surface area contributed by atoms with Crippen molar-refractivity contribution in [3.05, 3.63) is 66.0 Å². The van der Waals surface area contributed by atoms with Gasteiger partial charge in [0.15, 0.2) is 0 Å². The summed E-state index contributed by atoms with van der Waals surface area (Å²) < 4.78 is 48.0. The van der Waals surface area contributed by atoms with Crippen molar-refractivity contribution in [3.8, 4) is 0 Å². The Morgan fingerprint density at radius 2 is 1.85 bits per heavy atom. The molecule has 33 heavy (non-hydrogen) atoms. The molecule has 2 atom stereocenters. The lowest BCUT2D eigenvalue weighted by atomic mass is 10.1. The van der Waals surface area contributed by atoms with Gasteiger partial charge in [0.25, 0.3) is 0 Å². The topological polar surface area (TPSA) is 87.7 Å². The molecule has 1 aliphatic rings. The van der Waals surface area contributed by atoms with E-state index >= 15 is 0 Å². The molecule has 2 aromatic rings. The van der Waals surface area contributed by atoms with Crippen molar-refractivity contribution in [2.45, 2.75) is 37.3 Å². The van der Waals surface area contributed by atoms with Crippen LogP contribution in [0.15, 0.2) is 59.5 Å². The standard InChI is InChI=1S/C24H32FN3O4S/c1-18(2)16-28-12-13-32-20(17-28)15-26-24(29)22(14-19-8-4-3-5-9-19)27-33(30,31)23-11-7-6-10-21(23)25/h3-11,18,20,22,27H,12-17H2,1-2H3,(H,26,29). The molecule has 3 rings (SSSR count). The Labute approximate surface area is 195 Å². The van der Waals surface area contributed by atoms with Crippen molar-refractivity contribution in [2.75, 3.05) is 32.8 Å². The molecule has 180 valence electrons. The van der Waals surface area contributed by atoms with Crippen molar-refractivity contribution in [2.24, 2.45) is 5.92 Å². The molecule has 0 aliphatic carbocycles. The fraction of sp³-hybridized carbons (Fsp3) is 0.458. The van der Waals surface area contributed by atoms with Crippen molar-refractivity contribution in [1.82, 2.24) is 14.9 Å². The van der Waals surface area contributed by atoms with Crippen molar-refractivity contribution >= 4 is 15.9 Å². The van der Waals surface area contributed by atoms with Gasteiger partial charge in [0.2, 0.25) is 15.9 Å². The predicted molar refractivity (Wildman–Crippen MR) is 125 cm³/mol. The van der Waals surface area contributed by atoms with Crippen LogP contribution in [0.1, 0.15) is 19.4 Å². The van der Waals surface area contributed by atoms with Crippen LogP contribution in [0, 0.1) is 11.7 Å². The highest BCUT2D eigenvalue weighted by molar-refractivity contribution is 7.89. The number of amides is 1. The Morgan fingerprint density at radius 1 is 1.15 bits per heavy atom. The lowest BCUT2D eigenvalue weighted by Gasteiger charge is -2.34. The molecule has 1 heterocycles. The van der Waals surface area contributed by atoms with E-state index in [1.807, 2.05) is 30.3 Å². The number of nitrogens with one attached hydrogen (secondary N) is 2. The maximum absolute atomic E-state index is 14.1. The lowest BCUT2D eigenvalue weighted by molar-refractivity contribution is -0.124. The zero-order valence-corrected chi connectivity index (χ0v) is 19.9. The zero-order chi connectivity index (χ0) is 23.8. The monoisotopic (exact) mass is 477 g/mol. The van der Waals surface area contributed by atoms with Crippen molar-refractivity contribution < 1.29 is 22.3 Å². The zero-order valence-electron chi connectivity index (χ0n) is 19.0. The number of ether oxygens (including phenoxy) is 1. The number of hydrogen-bond donors (Lipinski definition) is 2. The third-order valence-corrected chi connectivity index (χ3v) is 6.88. The number of carbonyl (C=O) groups excluding carboxylic acids is 1. The maximum atomic E-state index is 14.1. The second kappa shape index (κ2) is 11.7. The second-order valence-corrected chi connectivity index (χ2v) is 10.4. The smallest absolute Gasteiger partial charge is 0.244 e. The SMILES string of the molecule is CC(C)CN1CCOC(CNC(=O)C(Cc2ccccc2)NS(=O)(=O)c2ccccc2F)C1. The van der Waals surface area contributed by atoms with Gasteiger partial charge < -0.3 is 10.1 Å². The number of hydrogen-bond acceptors (Lipinski definition) is 5. The van der Waals surface area contributed by atoms with Gasteiger partial charge in [-0.15, -0.1) is 0 Å². The summed E-state index contributed by atoms with van der Waals surface area (Å²) in [6.07, 6.45) is -0.0484. The molecule has 2 N–H and O–H groups in total. The summed E-state index contributed by atoms with van der Waals surface area (Å²) >= 11 is 0. The van der Waals surface area contributed by atoms with E-state index in [-0.39, 0.29) is 19.1 Å². The fourth-order valence-electron chi connectivity index (χ4n) is 3.87. The highest BCUT2D eigenvalue weighted by Gasteiger charge is 2.29. The maximum Gasteiger partial charge on any atom is 0.244 e. The molecule has 0 aromatic heterocycles. The molecular formula is C24H32FN3O4S. The van der Waals surface area contributed by atoms with Crippen LogP contribution in [-0.4, -0.2) is 64.2 Å². The number of rotatable bonds is 10.